The summed E-state index contributed by atoms with van der Waals surface area (Å²) < 4.78 is 7.74. The first kappa shape index (κ1) is 24.0. The number of rotatable bonds is 7. The summed E-state index contributed by atoms with van der Waals surface area (Å²) in [7, 11) is 0. The zero-order chi connectivity index (χ0) is 24.7. The third-order valence-electron chi connectivity index (χ3n) is 6.19. The van der Waals surface area contributed by atoms with Gasteiger partial charge in [-0.05, 0) is 38.8 Å². The van der Waals surface area contributed by atoms with Crippen molar-refractivity contribution in [3.05, 3.63) is 44.3 Å². The van der Waals surface area contributed by atoms with Crippen LogP contribution in [0.15, 0.2) is 28.1 Å². The number of nitrogens with zero attached hydrogens (tertiary/aromatic N) is 4. The largest absolute Gasteiger partial charge is 0.477 e. The normalized spacial score (nSPS) is 15.3. The smallest absolute Gasteiger partial charge is 0.348 e. The third kappa shape index (κ3) is 4.86. The van der Waals surface area contributed by atoms with Crippen molar-refractivity contribution in [1.82, 2.24) is 24.9 Å². The van der Waals surface area contributed by atoms with Gasteiger partial charge >= 0.3 is 5.97 Å². The number of hydrogen-bond donors (Lipinski definition) is 2. The molecule has 1 fully saturated rings. The van der Waals surface area contributed by atoms with Crippen molar-refractivity contribution in [2.75, 3.05) is 13.1 Å². The lowest BCUT2D eigenvalue weighted by molar-refractivity contribution is 0.0702. The Morgan fingerprint density at radius 3 is 2.74 bits per heavy atom. The molecular weight excluding hydrogens is 510 g/mol. The van der Waals surface area contributed by atoms with Crippen LogP contribution in [0.2, 0.25) is 4.34 Å². The summed E-state index contributed by atoms with van der Waals surface area (Å²) in [5, 5.41) is 18.6. The summed E-state index contributed by atoms with van der Waals surface area (Å²) in [4.78, 5) is 33.0. The Bertz CT molecular complexity index is 1380. The molecule has 0 bridgehead atoms. The van der Waals surface area contributed by atoms with Crippen molar-refractivity contribution in [3.63, 3.8) is 0 Å². The summed E-state index contributed by atoms with van der Waals surface area (Å²) >= 11 is 8.49. The minimum atomic E-state index is -1.06. The van der Waals surface area contributed by atoms with E-state index >= 15 is 0 Å². The van der Waals surface area contributed by atoms with E-state index in [2.05, 4.69) is 34.2 Å². The quantitative estimate of drug-likeness (QED) is 0.350. The highest BCUT2D eigenvalue weighted by atomic mass is 35.5. The van der Waals surface area contributed by atoms with Gasteiger partial charge < -0.3 is 24.4 Å². The predicted octanol–water partition coefficient (Wildman–Crippen LogP) is 4.82. The summed E-state index contributed by atoms with van der Waals surface area (Å²) in [5.74, 6) is -0.659. The van der Waals surface area contributed by atoms with E-state index < -0.39 is 5.97 Å². The van der Waals surface area contributed by atoms with E-state index in [1.165, 1.54) is 11.3 Å². The highest BCUT2D eigenvalue weighted by Crippen LogP contribution is 2.32. The molecule has 5 heterocycles. The molecule has 35 heavy (non-hydrogen) atoms. The molecule has 4 aromatic rings. The van der Waals surface area contributed by atoms with Gasteiger partial charge in [-0.15, -0.1) is 22.7 Å². The molecule has 2 N–H and O–H groups in total. The van der Waals surface area contributed by atoms with Crippen LogP contribution in [0.4, 0.5) is 0 Å². The fourth-order valence-electron chi connectivity index (χ4n) is 4.36. The number of piperidine rings is 1. The number of carboxylic acids is 1. The Labute approximate surface area is 214 Å². The third-order valence-corrected chi connectivity index (χ3v) is 8.38. The number of amides is 1. The molecule has 0 aromatic carbocycles. The van der Waals surface area contributed by atoms with Gasteiger partial charge in [0.1, 0.15) is 16.1 Å². The number of halogens is 1. The first-order valence-corrected chi connectivity index (χ1v) is 13.3. The molecule has 12 heteroatoms. The summed E-state index contributed by atoms with van der Waals surface area (Å²) in [6.45, 7) is 6.33. The van der Waals surface area contributed by atoms with Crippen molar-refractivity contribution in [2.24, 2.45) is 0 Å². The van der Waals surface area contributed by atoms with Crippen LogP contribution in [0.3, 0.4) is 0 Å². The molecule has 184 valence electrons. The van der Waals surface area contributed by atoms with Crippen LogP contribution >= 0.6 is 34.3 Å². The molecule has 0 unspecified atom stereocenters. The topological polar surface area (TPSA) is 113 Å². The van der Waals surface area contributed by atoms with E-state index in [0.717, 1.165) is 42.1 Å². The average molecular weight is 534 g/mol. The maximum Gasteiger partial charge on any atom is 0.348 e. The molecule has 0 spiro atoms. The van der Waals surface area contributed by atoms with Gasteiger partial charge in [0, 0.05) is 36.6 Å². The van der Waals surface area contributed by atoms with Gasteiger partial charge in [-0.2, -0.15) is 0 Å². The van der Waals surface area contributed by atoms with Crippen molar-refractivity contribution < 1.29 is 19.2 Å². The van der Waals surface area contributed by atoms with Crippen LogP contribution in [-0.2, 0) is 6.54 Å². The number of carboxylic acid groups (broad SMARTS) is 1. The molecule has 1 aliphatic heterocycles. The Morgan fingerprint density at radius 1 is 1.31 bits per heavy atom. The van der Waals surface area contributed by atoms with Gasteiger partial charge in [0.05, 0.1) is 21.3 Å². The molecule has 0 saturated carbocycles. The van der Waals surface area contributed by atoms with E-state index in [1.807, 2.05) is 6.07 Å². The maximum absolute atomic E-state index is 13.3. The lowest BCUT2D eigenvalue weighted by atomic mass is 10.0. The SMILES string of the molecule is CC(C)N1CCC(NC(=O)c2nc3csc(C(=O)O)c3n2Cc2cc(-c3ccc(Cl)s3)on2)CC1. The second-order valence-corrected chi connectivity index (χ2v) is 11.4. The summed E-state index contributed by atoms with van der Waals surface area (Å²) in [5.41, 5.74) is 1.43. The second-order valence-electron chi connectivity index (χ2n) is 8.79. The standard InChI is InChI=1S/C23H24ClN5O4S2/c1-12(2)28-7-5-13(6-8-28)25-22(30)21-26-15-11-34-20(23(31)32)19(15)29(21)10-14-9-16(33-27-14)17-3-4-18(24)35-17/h3-4,9,11-13H,5-8,10H2,1-2H3,(H,25,30)(H,31,32). The molecule has 0 atom stereocenters. The first-order chi connectivity index (χ1) is 16.8. The van der Waals surface area contributed by atoms with Crippen molar-refractivity contribution >= 4 is 57.2 Å². The summed E-state index contributed by atoms with van der Waals surface area (Å²) in [6, 6.07) is 5.91. The molecule has 1 amide bonds. The van der Waals surface area contributed by atoms with E-state index in [4.69, 9.17) is 16.1 Å². The average Bonchev–Trinajstić information content (AvgIpc) is 3.59. The minimum absolute atomic E-state index is 0.0426. The molecule has 1 saturated heterocycles. The van der Waals surface area contributed by atoms with E-state index in [9.17, 15) is 14.7 Å². The Balaban J connectivity index is 1.43. The number of fused-ring (bicyclic) bond motifs is 1. The Kier molecular flexibility index (Phi) is 6.67. The highest BCUT2D eigenvalue weighted by molar-refractivity contribution is 7.19. The second kappa shape index (κ2) is 9.73. The van der Waals surface area contributed by atoms with Gasteiger partial charge in [-0.3, -0.25) is 4.79 Å². The van der Waals surface area contributed by atoms with Crippen LogP contribution in [0.25, 0.3) is 21.7 Å². The fraction of sp³-hybridized carbons (Fsp3) is 0.391. The lowest BCUT2D eigenvalue weighted by Gasteiger charge is -2.34. The van der Waals surface area contributed by atoms with Crippen LogP contribution in [-0.4, -0.2) is 61.8 Å². The van der Waals surface area contributed by atoms with Crippen LogP contribution in [0, 0.1) is 0 Å². The number of carbonyl (C=O) groups excluding carboxylic acids is 1. The fourth-order valence-corrected chi connectivity index (χ4v) is 6.18. The van der Waals surface area contributed by atoms with Crippen molar-refractivity contribution in [3.8, 4) is 10.6 Å². The van der Waals surface area contributed by atoms with Gasteiger partial charge in [0.25, 0.3) is 5.91 Å². The predicted molar refractivity (Wildman–Crippen MR) is 136 cm³/mol. The van der Waals surface area contributed by atoms with Crippen LogP contribution in [0.5, 0.6) is 0 Å². The molecule has 4 aromatic heterocycles. The number of nitrogens with one attached hydrogen (secondary N) is 1. The van der Waals surface area contributed by atoms with Crippen molar-refractivity contribution in [1.29, 1.82) is 0 Å². The zero-order valence-electron chi connectivity index (χ0n) is 19.2. The minimum Gasteiger partial charge on any atom is -0.477 e. The number of aromatic nitrogens is 3. The van der Waals surface area contributed by atoms with Gasteiger partial charge in [-0.1, -0.05) is 16.8 Å². The Morgan fingerprint density at radius 2 is 2.09 bits per heavy atom. The van der Waals surface area contributed by atoms with E-state index in [0.29, 0.717) is 32.9 Å². The zero-order valence-corrected chi connectivity index (χ0v) is 21.5. The monoisotopic (exact) mass is 533 g/mol. The summed E-state index contributed by atoms with van der Waals surface area (Å²) in [6.07, 6.45) is 1.71. The number of thiophene rings is 2. The van der Waals surface area contributed by atoms with Gasteiger partial charge in [0.2, 0.25) is 0 Å². The molecule has 0 radical (unpaired) electrons. The number of hydrogen-bond acceptors (Lipinski definition) is 8. The molecular formula is C23H24ClN5O4S2. The number of imidazole rings is 1. The maximum atomic E-state index is 13.3. The number of likely N-dealkylation sites (tertiary alicyclic amines) is 1. The molecule has 0 aliphatic carbocycles. The van der Waals surface area contributed by atoms with Crippen LogP contribution < -0.4 is 5.32 Å². The van der Waals surface area contributed by atoms with Crippen LogP contribution in [0.1, 0.15) is 52.7 Å². The molecule has 5 rings (SSSR count). The first-order valence-electron chi connectivity index (χ1n) is 11.3. The van der Waals surface area contributed by atoms with Gasteiger partial charge in [0.15, 0.2) is 11.6 Å². The molecule has 1 aliphatic rings. The number of aromatic carboxylic acids is 1. The Hall–Kier alpha value is -2.73. The highest BCUT2D eigenvalue weighted by Gasteiger charge is 2.28. The number of carbonyl (C=O) groups is 2. The molecule has 9 nitrogen and oxygen atoms in total. The van der Waals surface area contributed by atoms with Crippen molar-refractivity contribution in [2.45, 2.75) is 45.3 Å². The lowest BCUT2D eigenvalue weighted by Crippen LogP contribution is -2.47. The van der Waals surface area contributed by atoms with E-state index in [1.54, 1.807) is 22.1 Å². The van der Waals surface area contributed by atoms with Gasteiger partial charge in [-0.25, -0.2) is 9.78 Å². The van der Waals surface area contributed by atoms with E-state index in [-0.39, 0.29) is 29.2 Å².